The first-order valence-corrected chi connectivity index (χ1v) is 21.4. The summed E-state index contributed by atoms with van der Waals surface area (Å²) < 4.78 is 32.6. The highest BCUT2D eigenvalue weighted by molar-refractivity contribution is 7.47. The van der Waals surface area contributed by atoms with Gasteiger partial charge >= 0.3 is 19.8 Å². The van der Waals surface area contributed by atoms with Crippen LogP contribution in [0.2, 0.25) is 0 Å². The Balaban J connectivity index is 4.39. The van der Waals surface area contributed by atoms with E-state index in [9.17, 15) is 24.2 Å². The Kier molecular flexibility index (Phi) is 35.2. The Bertz CT molecular complexity index is 952. The van der Waals surface area contributed by atoms with Gasteiger partial charge in [0.15, 0.2) is 6.10 Å². The molecule has 0 aromatic carbocycles. The van der Waals surface area contributed by atoms with Gasteiger partial charge in [0.05, 0.1) is 19.8 Å². The molecule has 0 bridgehead atoms. The van der Waals surface area contributed by atoms with Crippen LogP contribution in [-0.4, -0.2) is 65.7 Å². The van der Waals surface area contributed by atoms with Gasteiger partial charge in [-0.25, -0.2) is 4.57 Å². The zero-order valence-electron chi connectivity index (χ0n) is 32.1. The number of phosphoric acid groups is 1. The Morgan fingerprint density at radius 2 is 1.02 bits per heavy atom. The van der Waals surface area contributed by atoms with Gasteiger partial charge < -0.3 is 24.6 Å². The number of ether oxygens (including phenoxy) is 2. The number of phosphoric ester groups is 1. The lowest BCUT2D eigenvalue weighted by Gasteiger charge is -2.20. The van der Waals surface area contributed by atoms with Crippen LogP contribution in [0, 0.1) is 0 Å². The van der Waals surface area contributed by atoms with Crippen molar-refractivity contribution >= 4 is 19.8 Å². The van der Waals surface area contributed by atoms with Gasteiger partial charge in [0.1, 0.15) is 12.7 Å². The first-order valence-electron chi connectivity index (χ1n) is 19.9. The third-order valence-corrected chi connectivity index (χ3v) is 9.22. The monoisotopic (exact) mass is 744 g/mol. The molecule has 3 N–H and O–H groups in total. The molecule has 3 unspecified atom stereocenters. The number of aliphatic hydroxyl groups is 2. The number of allylic oxidation sites excluding steroid dienone is 6. The van der Waals surface area contributed by atoms with Crippen molar-refractivity contribution in [1.29, 1.82) is 0 Å². The molecule has 3 atom stereocenters. The number of carbonyl (C=O) groups excluding carboxylic acids is 2. The smallest absolute Gasteiger partial charge is 0.462 e. The summed E-state index contributed by atoms with van der Waals surface area (Å²) in [6, 6.07) is 0. The molecule has 0 amide bonds. The van der Waals surface area contributed by atoms with Crippen LogP contribution in [0.3, 0.4) is 0 Å². The third kappa shape index (κ3) is 36.3. The predicted molar refractivity (Wildman–Crippen MR) is 205 cm³/mol. The Hall–Kier alpha value is -1.81. The normalized spacial score (nSPS) is 14.4. The average Bonchev–Trinajstić information content (AvgIpc) is 3.12. The van der Waals surface area contributed by atoms with Crippen molar-refractivity contribution in [2.75, 3.05) is 26.4 Å². The lowest BCUT2D eigenvalue weighted by molar-refractivity contribution is -0.161. The molecule has 0 saturated heterocycles. The van der Waals surface area contributed by atoms with Gasteiger partial charge in [0.25, 0.3) is 0 Å². The van der Waals surface area contributed by atoms with Gasteiger partial charge in [-0.2, -0.15) is 0 Å². The summed E-state index contributed by atoms with van der Waals surface area (Å²) in [5.41, 5.74) is 0. The SMILES string of the molecule is CCCCCC=CCC=CCCCCCCCC(=O)OC(COC(=O)CCCCCCCC=CCCCCCC)COP(=O)(O)OCC(O)CO. The average molecular weight is 745 g/mol. The van der Waals surface area contributed by atoms with Gasteiger partial charge in [-0.3, -0.25) is 18.6 Å². The number of carbonyl (C=O) groups is 2. The molecule has 298 valence electrons. The minimum absolute atomic E-state index is 0.166. The molecule has 0 aromatic heterocycles. The molecule has 0 aromatic rings. The number of esters is 2. The third-order valence-electron chi connectivity index (χ3n) is 8.27. The molecule has 10 nitrogen and oxygen atoms in total. The van der Waals surface area contributed by atoms with E-state index >= 15 is 0 Å². The summed E-state index contributed by atoms with van der Waals surface area (Å²) in [6.45, 7) is 2.30. The van der Waals surface area contributed by atoms with E-state index in [4.69, 9.17) is 19.1 Å². The second-order valence-electron chi connectivity index (χ2n) is 13.3. The molecule has 0 fully saturated rings. The first kappa shape index (κ1) is 49.2. The van der Waals surface area contributed by atoms with Gasteiger partial charge in [0.2, 0.25) is 0 Å². The van der Waals surface area contributed by atoms with Crippen molar-refractivity contribution in [3.63, 3.8) is 0 Å². The van der Waals surface area contributed by atoms with E-state index in [0.29, 0.717) is 12.8 Å². The standard InChI is InChI=1S/C40H73O10P/c1-3-5-7-9-11-13-15-17-18-20-22-24-26-28-30-32-40(44)50-38(36-49-51(45,46)48-34-37(42)33-41)35-47-39(43)31-29-27-25-23-21-19-16-14-12-10-8-6-4-2/h11,13-14,16-18,37-38,41-42H,3-10,12,15,19-36H2,1-2H3,(H,45,46). The fourth-order valence-corrected chi connectivity index (χ4v) is 5.92. The van der Waals surface area contributed by atoms with Crippen molar-refractivity contribution in [3.05, 3.63) is 36.5 Å². The molecule has 0 rings (SSSR count). The van der Waals surface area contributed by atoms with Crippen LogP contribution in [0.4, 0.5) is 0 Å². The zero-order chi connectivity index (χ0) is 37.7. The van der Waals surface area contributed by atoms with Crippen LogP contribution < -0.4 is 0 Å². The van der Waals surface area contributed by atoms with Crippen LogP contribution in [0.15, 0.2) is 36.5 Å². The van der Waals surface area contributed by atoms with E-state index in [0.717, 1.165) is 83.5 Å². The molecular weight excluding hydrogens is 671 g/mol. The fourth-order valence-electron chi connectivity index (χ4n) is 5.13. The lowest BCUT2D eigenvalue weighted by atomic mass is 10.1. The van der Waals surface area contributed by atoms with Crippen molar-refractivity contribution < 1.29 is 47.8 Å². The second-order valence-corrected chi connectivity index (χ2v) is 14.8. The van der Waals surface area contributed by atoms with E-state index in [1.54, 1.807) is 0 Å². The molecule has 51 heavy (non-hydrogen) atoms. The van der Waals surface area contributed by atoms with Crippen molar-refractivity contribution in [2.45, 2.75) is 180 Å². The van der Waals surface area contributed by atoms with Crippen molar-refractivity contribution in [1.82, 2.24) is 0 Å². The Morgan fingerprint density at radius 3 is 1.57 bits per heavy atom. The van der Waals surface area contributed by atoms with E-state index in [-0.39, 0.29) is 19.4 Å². The minimum atomic E-state index is -4.62. The van der Waals surface area contributed by atoms with Crippen LogP contribution in [0.25, 0.3) is 0 Å². The number of hydrogen-bond acceptors (Lipinski definition) is 9. The quantitative estimate of drug-likeness (QED) is 0.0243. The first-order chi connectivity index (χ1) is 24.7. The molecule has 0 aliphatic heterocycles. The maximum absolute atomic E-state index is 12.6. The number of unbranched alkanes of at least 4 members (excludes halogenated alkanes) is 17. The van der Waals surface area contributed by atoms with Crippen molar-refractivity contribution in [3.8, 4) is 0 Å². The Labute approximate surface area is 310 Å². The molecule has 0 aliphatic rings. The van der Waals surface area contributed by atoms with Crippen LogP contribution in [0.5, 0.6) is 0 Å². The van der Waals surface area contributed by atoms with Gasteiger partial charge in [-0.15, -0.1) is 0 Å². The fraction of sp³-hybridized carbons (Fsp3) is 0.800. The van der Waals surface area contributed by atoms with Crippen molar-refractivity contribution in [2.24, 2.45) is 0 Å². The van der Waals surface area contributed by atoms with Gasteiger partial charge in [-0.05, 0) is 70.6 Å². The molecule has 0 saturated carbocycles. The number of hydrogen-bond donors (Lipinski definition) is 3. The Morgan fingerprint density at radius 1 is 0.588 bits per heavy atom. The zero-order valence-corrected chi connectivity index (χ0v) is 33.0. The summed E-state index contributed by atoms with van der Waals surface area (Å²) in [4.78, 5) is 34.9. The van der Waals surface area contributed by atoms with Crippen LogP contribution >= 0.6 is 7.82 Å². The minimum Gasteiger partial charge on any atom is -0.462 e. The maximum Gasteiger partial charge on any atom is 0.472 e. The summed E-state index contributed by atoms with van der Waals surface area (Å²) in [6.07, 6.45) is 35.4. The summed E-state index contributed by atoms with van der Waals surface area (Å²) in [7, 11) is -4.62. The highest BCUT2D eigenvalue weighted by atomic mass is 31.2. The largest absolute Gasteiger partial charge is 0.472 e. The van der Waals surface area contributed by atoms with Crippen LogP contribution in [0.1, 0.15) is 168 Å². The van der Waals surface area contributed by atoms with Gasteiger partial charge in [0, 0.05) is 12.8 Å². The van der Waals surface area contributed by atoms with E-state index in [1.807, 2.05) is 0 Å². The summed E-state index contributed by atoms with van der Waals surface area (Å²) >= 11 is 0. The molecule has 0 aliphatic carbocycles. The maximum atomic E-state index is 12.6. The summed E-state index contributed by atoms with van der Waals surface area (Å²) in [5.74, 6) is -0.952. The molecule has 0 heterocycles. The van der Waals surface area contributed by atoms with Gasteiger partial charge in [-0.1, -0.05) is 121 Å². The number of rotatable bonds is 37. The van der Waals surface area contributed by atoms with Crippen LogP contribution in [-0.2, 0) is 32.7 Å². The topological polar surface area (TPSA) is 149 Å². The highest BCUT2D eigenvalue weighted by Crippen LogP contribution is 2.43. The molecule has 11 heteroatoms. The summed E-state index contributed by atoms with van der Waals surface area (Å²) in [5, 5.41) is 18.3. The molecular formula is C40H73O10P. The number of aliphatic hydroxyl groups excluding tert-OH is 2. The van der Waals surface area contributed by atoms with E-state index in [1.165, 1.54) is 44.9 Å². The molecule has 0 radical (unpaired) electrons. The second kappa shape index (κ2) is 36.5. The predicted octanol–water partition coefficient (Wildman–Crippen LogP) is 10.00. The highest BCUT2D eigenvalue weighted by Gasteiger charge is 2.27. The van der Waals surface area contributed by atoms with E-state index in [2.05, 4.69) is 54.8 Å². The lowest BCUT2D eigenvalue weighted by Crippen LogP contribution is -2.29. The van der Waals surface area contributed by atoms with E-state index < -0.39 is 51.8 Å². The molecule has 0 spiro atoms.